The maximum absolute atomic E-state index is 5.87. The maximum atomic E-state index is 5.87. The van der Waals surface area contributed by atoms with Gasteiger partial charge in [-0.05, 0) is 45.9 Å². The number of hydrogen-bond donors (Lipinski definition) is 1. The molecule has 1 N–H and O–H groups in total. The van der Waals surface area contributed by atoms with E-state index >= 15 is 0 Å². The number of hydrogen-bond acceptors (Lipinski definition) is 4. The molecular formula is C15H26N2O2. The number of aromatic nitrogens is 1. The highest BCUT2D eigenvalue weighted by molar-refractivity contribution is 5.27. The largest absolute Gasteiger partial charge is 0.492 e. The van der Waals surface area contributed by atoms with Gasteiger partial charge in [0.05, 0.1) is 24.4 Å². The molecule has 108 valence electrons. The molecule has 0 aliphatic heterocycles. The van der Waals surface area contributed by atoms with E-state index in [1.54, 1.807) is 6.20 Å². The second-order valence-electron chi connectivity index (χ2n) is 4.91. The van der Waals surface area contributed by atoms with Gasteiger partial charge in [0.2, 0.25) is 0 Å². The number of pyridine rings is 1. The SMILES string of the molecule is CCNC(c1cncc(OCC)c1)C(C)(C)OCC. The molecule has 0 radical (unpaired) electrons. The van der Waals surface area contributed by atoms with E-state index in [0.29, 0.717) is 13.2 Å². The fourth-order valence-electron chi connectivity index (χ4n) is 2.26. The van der Waals surface area contributed by atoms with Crippen LogP contribution in [0.25, 0.3) is 0 Å². The summed E-state index contributed by atoms with van der Waals surface area (Å²) >= 11 is 0. The highest BCUT2D eigenvalue weighted by Crippen LogP contribution is 2.30. The fourth-order valence-corrected chi connectivity index (χ4v) is 2.26. The smallest absolute Gasteiger partial charge is 0.137 e. The Kier molecular flexibility index (Phi) is 6.25. The zero-order chi connectivity index (χ0) is 14.3. The van der Waals surface area contributed by atoms with Crippen molar-refractivity contribution in [1.29, 1.82) is 0 Å². The summed E-state index contributed by atoms with van der Waals surface area (Å²) in [6, 6.07) is 2.12. The van der Waals surface area contributed by atoms with Gasteiger partial charge in [-0.2, -0.15) is 0 Å². The van der Waals surface area contributed by atoms with Gasteiger partial charge < -0.3 is 14.8 Å². The Morgan fingerprint density at radius 1 is 1.21 bits per heavy atom. The number of ether oxygens (including phenoxy) is 2. The lowest BCUT2D eigenvalue weighted by atomic mass is 9.92. The molecule has 4 heteroatoms. The lowest BCUT2D eigenvalue weighted by Crippen LogP contribution is -2.41. The van der Waals surface area contributed by atoms with Crippen LogP contribution in [0.4, 0.5) is 0 Å². The van der Waals surface area contributed by atoms with Gasteiger partial charge >= 0.3 is 0 Å². The van der Waals surface area contributed by atoms with Crippen LogP contribution < -0.4 is 10.1 Å². The quantitative estimate of drug-likeness (QED) is 0.785. The molecule has 0 aromatic carbocycles. The van der Waals surface area contributed by atoms with E-state index < -0.39 is 0 Å². The minimum Gasteiger partial charge on any atom is -0.492 e. The monoisotopic (exact) mass is 266 g/mol. The number of likely N-dealkylation sites (N-methyl/N-ethyl adjacent to an activating group) is 1. The van der Waals surface area contributed by atoms with Crippen LogP contribution in [0.3, 0.4) is 0 Å². The van der Waals surface area contributed by atoms with Crippen molar-refractivity contribution >= 4 is 0 Å². The van der Waals surface area contributed by atoms with E-state index in [4.69, 9.17) is 9.47 Å². The van der Waals surface area contributed by atoms with Crippen molar-refractivity contribution in [3.63, 3.8) is 0 Å². The molecule has 19 heavy (non-hydrogen) atoms. The zero-order valence-electron chi connectivity index (χ0n) is 12.7. The zero-order valence-corrected chi connectivity index (χ0v) is 12.7. The third kappa shape index (κ3) is 4.48. The van der Waals surface area contributed by atoms with Gasteiger partial charge in [-0.1, -0.05) is 6.92 Å². The normalized spacial score (nSPS) is 13.3. The average molecular weight is 266 g/mol. The third-order valence-corrected chi connectivity index (χ3v) is 3.00. The first-order valence-electron chi connectivity index (χ1n) is 7.00. The molecule has 1 heterocycles. The molecule has 0 bridgehead atoms. The molecule has 1 aromatic rings. The summed E-state index contributed by atoms with van der Waals surface area (Å²) in [4.78, 5) is 4.26. The lowest BCUT2D eigenvalue weighted by molar-refractivity contribution is -0.0389. The summed E-state index contributed by atoms with van der Waals surface area (Å²) in [7, 11) is 0. The summed E-state index contributed by atoms with van der Waals surface area (Å²) < 4.78 is 11.4. The molecule has 0 saturated heterocycles. The molecule has 0 fully saturated rings. The van der Waals surface area contributed by atoms with Crippen LogP contribution >= 0.6 is 0 Å². The number of nitrogens with one attached hydrogen (secondary N) is 1. The first kappa shape index (κ1) is 15.9. The summed E-state index contributed by atoms with van der Waals surface area (Å²) in [6.45, 7) is 12.5. The van der Waals surface area contributed by atoms with E-state index in [1.165, 1.54) is 0 Å². The summed E-state index contributed by atoms with van der Waals surface area (Å²) in [5, 5.41) is 3.47. The summed E-state index contributed by atoms with van der Waals surface area (Å²) in [6.07, 6.45) is 3.61. The van der Waals surface area contributed by atoms with E-state index in [2.05, 4.69) is 31.1 Å². The van der Waals surface area contributed by atoms with Crippen molar-refractivity contribution in [2.75, 3.05) is 19.8 Å². The van der Waals surface area contributed by atoms with Crippen LogP contribution in [0.2, 0.25) is 0 Å². The summed E-state index contributed by atoms with van der Waals surface area (Å²) in [5.74, 6) is 0.801. The highest BCUT2D eigenvalue weighted by Gasteiger charge is 2.31. The lowest BCUT2D eigenvalue weighted by Gasteiger charge is -2.35. The molecular weight excluding hydrogens is 240 g/mol. The van der Waals surface area contributed by atoms with Crippen molar-refractivity contribution in [2.24, 2.45) is 0 Å². The van der Waals surface area contributed by atoms with E-state index in [0.717, 1.165) is 17.9 Å². The molecule has 1 rings (SSSR count). The molecule has 0 aliphatic carbocycles. The fraction of sp³-hybridized carbons (Fsp3) is 0.667. The van der Waals surface area contributed by atoms with Crippen LogP contribution in [0.1, 0.15) is 46.2 Å². The molecule has 0 saturated carbocycles. The first-order valence-corrected chi connectivity index (χ1v) is 7.00. The Labute approximate surface area is 116 Å². The Bertz CT molecular complexity index is 380. The minimum absolute atomic E-state index is 0.0883. The molecule has 0 spiro atoms. The highest BCUT2D eigenvalue weighted by atomic mass is 16.5. The van der Waals surface area contributed by atoms with Gasteiger partial charge in [-0.25, -0.2) is 0 Å². The van der Waals surface area contributed by atoms with Gasteiger partial charge in [-0.15, -0.1) is 0 Å². The first-order chi connectivity index (χ1) is 9.05. The second-order valence-corrected chi connectivity index (χ2v) is 4.91. The maximum Gasteiger partial charge on any atom is 0.137 e. The number of rotatable bonds is 8. The molecule has 1 unspecified atom stereocenters. The predicted molar refractivity (Wildman–Crippen MR) is 77.5 cm³/mol. The van der Waals surface area contributed by atoms with Gasteiger partial charge in [-0.3, -0.25) is 4.98 Å². The van der Waals surface area contributed by atoms with Crippen molar-refractivity contribution < 1.29 is 9.47 Å². The van der Waals surface area contributed by atoms with E-state index in [-0.39, 0.29) is 11.6 Å². The topological polar surface area (TPSA) is 43.4 Å². The van der Waals surface area contributed by atoms with Crippen molar-refractivity contribution in [3.05, 3.63) is 24.0 Å². The van der Waals surface area contributed by atoms with Gasteiger partial charge in [0.1, 0.15) is 5.75 Å². The van der Waals surface area contributed by atoms with Crippen molar-refractivity contribution in [3.8, 4) is 5.75 Å². The van der Waals surface area contributed by atoms with Crippen LogP contribution in [-0.2, 0) is 4.74 Å². The second kappa shape index (κ2) is 7.46. The molecule has 4 nitrogen and oxygen atoms in total. The standard InChI is InChI=1S/C15H26N2O2/c1-6-17-14(15(4,5)19-8-3)12-9-13(18-7-2)11-16-10-12/h9-11,14,17H,6-8H2,1-5H3. The van der Waals surface area contributed by atoms with Gasteiger partial charge in [0, 0.05) is 12.8 Å². The van der Waals surface area contributed by atoms with Crippen molar-refractivity contribution in [1.82, 2.24) is 10.3 Å². The van der Waals surface area contributed by atoms with Gasteiger partial charge in [0.15, 0.2) is 0 Å². The van der Waals surface area contributed by atoms with Crippen molar-refractivity contribution in [2.45, 2.75) is 46.3 Å². The molecule has 1 atom stereocenters. The van der Waals surface area contributed by atoms with Crippen LogP contribution in [-0.4, -0.2) is 30.3 Å². The third-order valence-electron chi connectivity index (χ3n) is 3.00. The average Bonchev–Trinajstić information content (AvgIpc) is 2.36. The van der Waals surface area contributed by atoms with Gasteiger partial charge in [0.25, 0.3) is 0 Å². The number of nitrogens with zero attached hydrogens (tertiary/aromatic N) is 1. The minimum atomic E-state index is -0.294. The van der Waals surface area contributed by atoms with E-state index in [1.807, 2.05) is 26.1 Å². The Morgan fingerprint density at radius 3 is 2.53 bits per heavy atom. The molecule has 0 aliphatic rings. The van der Waals surface area contributed by atoms with E-state index in [9.17, 15) is 0 Å². The van der Waals surface area contributed by atoms with Crippen LogP contribution in [0.15, 0.2) is 18.5 Å². The Morgan fingerprint density at radius 2 is 1.95 bits per heavy atom. The molecule has 1 aromatic heterocycles. The van der Waals surface area contributed by atoms with Crippen LogP contribution in [0, 0.1) is 0 Å². The molecule has 0 amide bonds. The van der Waals surface area contributed by atoms with Crippen LogP contribution in [0.5, 0.6) is 5.75 Å². The Balaban J connectivity index is 3.01. The Hall–Kier alpha value is -1.13. The predicted octanol–water partition coefficient (Wildman–Crippen LogP) is 2.95. The summed E-state index contributed by atoms with van der Waals surface area (Å²) in [5.41, 5.74) is 0.795.